The van der Waals surface area contributed by atoms with Crippen molar-refractivity contribution in [1.29, 1.82) is 0 Å². The first-order valence-corrected chi connectivity index (χ1v) is 8.86. The molecule has 2 rings (SSSR count). The highest BCUT2D eigenvalue weighted by molar-refractivity contribution is 7.92. The van der Waals surface area contributed by atoms with Gasteiger partial charge in [0.15, 0.2) is 0 Å². The summed E-state index contributed by atoms with van der Waals surface area (Å²) in [6.07, 6.45) is 1.17. The molecule has 0 fully saturated rings. The average molecular weight is 310 g/mol. The van der Waals surface area contributed by atoms with E-state index in [4.69, 9.17) is 0 Å². The smallest absolute Gasteiger partial charge is 0.236 e. The number of hydrogen-bond acceptors (Lipinski definition) is 3. The standard InChI is InChI=1S/C15H22N2O3S/c1-12(2)11-15(18)16-8-10-21(19,20)17-9-7-13-5-3-4-6-14(13)17/h3-6,12H,7-11H2,1-2H3,(H,16,18). The maximum atomic E-state index is 12.4. The molecule has 1 amide bonds. The molecule has 1 aliphatic rings. The number of carbonyl (C=O) groups excluding carboxylic acids is 1. The Kier molecular flexibility index (Phi) is 4.88. The first-order chi connectivity index (χ1) is 9.90. The number of hydrogen-bond donors (Lipinski definition) is 1. The molecule has 0 spiro atoms. The van der Waals surface area contributed by atoms with Crippen molar-refractivity contribution in [3.05, 3.63) is 29.8 Å². The third kappa shape index (κ3) is 3.97. The summed E-state index contributed by atoms with van der Waals surface area (Å²) in [4.78, 5) is 11.5. The van der Waals surface area contributed by atoms with Gasteiger partial charge < -0.3 is 5.32 Å². The van der Waals surface area contributed by atoms with Crippen LogP contribution in [0, 0.1) is 5.92 Å². The molecule has 0 radical (unpaired) electrons. The molecule has 0 aliphatic carbocycles. The van der Waals surface area contributed by atoms with Crippen molar-refractivity contribution in [2.45, 2.75) is 26.7 Å². The van der Waals surface area contributed by atoms with Gasteiger partial charge in [-0.2, -0.15) is 0 Å². The predicted molar refractivity (Wildman–Crippen MR) is 83.7 cm³/mol. The second-order valence-corrected chi connectivity index (χ2v) is 7.73. The van der Waals surface area contributed by atoms with E-state index in [1.807, 2.05) is 38.1 Å². The lowest BCUT2D eigenvalue weighted by atomic mass is 10.1. The summed E-state index contributed by atoms with van der Waals surface area (Å²) in [5.41, 5.74) is 1.83. The summed E-state index contributed by atoms with van der Waals surface area (Å²) in [7, 11) is -3.38. The summed E-state index contributed by atoms with van der Waals surface area (Å²) >= 11 is 0. The number of para-hydroxylation sites is 1. The molecule has 0 unspecified atom stereocenters. The molecular weight excluding hydrogens is 288 g/mol. The molecular formula is C15H22N2O3S. The van der Waals surface area contributed by atoms with Crippen molar-refractivity contribution in [3.8, 4) is 0 Å². The lowest BCUT2D eigenvalue weighted by molar-refractivity contribution is -0.121. The molecule has 116 valence electrons. The van der Waals surface area contributed by atoms with Gasteiger partial charge in [0.05, 0.1) is 11.4 Å². The topological polar surface area (TPSA) is 66.5 Å². The molecule has 6 heteroatoms. The number of amides is 1. The average Bonchev–Trinajstić information content (AvgIpc) is 2.82. The van der Waals surface area contributed by atoms with Gasteiger partial charge >= 0.3 is 0 Å². The fourth-order valence-corrected chi connectivity index (χ4v) is 3.90. The summed E-state index contributed by atoms with van der Waals surface area (Å²) in [5, 5.41) is 2.67. The first kappa shape index (κ1) is 15.8. The van der Waals surface area contributed by atoms with Crippen molar-refractivity contribution in [2.24, 2.45) is 5.92 Å². The SMILES string of the molecule is CC(C)CC(=O)NCCS(=O)(=O)N1CCc2ccccc21. The van der Waals surface area contributed by atoms with Gasteiger partial charge in [0.25, 0.3) is 0 Å². The molecule has 1 heterocycles. The number of fused-ring (bicyclic) bond motifs is 1. The zero-order chi connectivity index (χ0) is 15.5. The van der Waals surface area contributed by atoms with Gasteiger partial charge in [-0.25, -0.2) is 8.42 Å². The Labute approximate surface area is 126 Å². The van der Waals surface area contributed by atoms with Crippen LogP contribution in [-0.4, -0.2) is 33.2 Å². The molecule has 21 heavy (non-hydrogen) atoms. The number of rotatable bonds is 6. The van der Waals surface area contributed by atoms with Crippen molar-refractivity contribution >= 4 is 21.6 Å². The van der Waals surface area contributed by atoms with E-state index in [1.54, 1.807) is 0 Å². The van der Waals surface area contributed by atoms with Crippen molar-refractivity contribution in [2.75, 3.05) is 23.1 Å². The van der Waals surface area contributed by atoms with Crippen LogP contribution >= 0.6 is 0 Å². The highest BCUT2D eigenvalue weighted by Gasteiger charge is 2.28. The Bertz CT molecular complexity index is 611. The van der Waals surface area contributed by atoms with Crippen LogP contribution in [0.15, 0.2) is 24.3 Å². The second kappa shape index (κ2) is 6.47. The van der Waals surface area contributed by atoms with Gasteiger partial charge in [0, 0.05) is 19.5 Å². The number of nitrogens with zero attached hydrogens (tertiary/aromatic N) is 1. The molecule has 1 aromatic carbocycles. The van der Waals surface area contributed by atoms with Crippen molar-refractivity contribution in [3.63, 3.8) is 0 Å². The fourth-order valence-electron chi connectivity index (χ4n) is 2.47. The van der Waals surface area contributed by atoms with E-state index in [0.29, 0.717) is 13.0 Å². The lowest BCUT2D eigenvalue weighted by Crippen LogP contribution is -2.37. The van der Waals surface area contributed by atoms with Gasteiger partial charge in [-0.05, 0) is 24.0 Å². The van der Waals surface area contributed by atoms with Crippen molar-refractivity contribution in [1.82, 2.24) is 5.32 Å². The summed E-state index contributed by atoms with van der Waals surface area (Å²) in [5.74, 6) is 0.111. The van der Waals surface area contributed by atoms with E-state index in [1.165, 1.54) is 4.31 Å². The number of benzene rings is 1. The first-order valence-electron chi connectivity index (χ1n) is 7.25. The lowest BCUT2D eigenvalue weighted by Gasteiger charge is -2.19. The van der Waals surface area contributed by atoms with Crippen LogP contribution < -0.4 is 9.62 Å². The Morgan fingerprint density at radius 2 is 2.05 bits per heavy atom. The van der Waals surface area contributed by atoms with Crippen LogP contribution in [-0.2, 0) is 21.2 Å². The minimum Gasteiger partial charge on any atom is -0.355 e. The minimum atomic E-state index is -3.38. The molecule has 0 bridgehead atoms. The van der Waals surface area contributed by atoms with Crippen LogP contribution in [0.1, 0.15) is 25.8 Å². The van der Waals surface area contributed by atoms with Gasteiger partial charge in [0.2, 0.25) is 15.9 Å². The highest BCUT2D eigenvalue weighted by Crippen LogP contribution is 2.29. The van der Waals surface area contributed by atoms with E-state index >= 15 is 0 Å². The Balaban J connectivity index is 1.93. The number of sulfonamides is 1. The van der Waals surface area contributed by atoms with E-state index in [0.717, 1.165) is 17.7 Å². The van der Waals surface area contributed by atoms with Gasteiger partial charge in [-0.1, -0.05) is 32.0 Å². The van der Waals surface area contributed by atoms with E-state index in [2.05, 4.69) is 5.32 Å². The maximum absolute atomic E-state index is 12.4. The molecule has 1 aliphatic heterocycles. The normalized spacial score (nSPS) is 14.3. The van der Waals surface area contributed by atoms with E-state index < -0.39 is 10.0 Å². The molecule has 1 aromatic rings. The van der Waals surface area contributed by atoms with E-state index in [-0.39, 0.29) is 24.1 Å². The molecule has 1 N–H and O–H groups in total. The number of anilines is 1. The number of carbonyl (C=O) groups is 1. The largest absolute Gasteiger partial charge is 0.355 e. The van der Waals surface area contributed by atoms with Crippen LogP contribution in [0.25, 0.3) is 0 Å². The summed E-state index contributed by atoms with van der Waals surface area (Å²) < 4.78 is 26.2. The molecule has 0 saturated heterocycles. The second-order valence-electron chi connectivity index (χ2n) is 5.71. The van der Waals surface area contributed by atoms with E-state index in [9.17, 15) is 13.2 Å². The maximum Gasteiger partial charge on any atom is 0.236 e. The van der Waals surface area contributed by atoms with Crippen LogP contribution in [0.3, 0.4) is 0 Å². The molecule has 0 saturated carbocycles. The third-order valence-electron chi connectivity index (χ3n) is 3.46. The van der Waals surface area contributed by atoms with Gasteiger partial charge in [0.1, 0.15) is 0 Å². The van der Waals surface area contributed by atoms with Gasteiger partial charge in [-0.3, -0.25) is 9.10 Å². The van der Waals surface area contributed by atoms with Crippen LogP contribution in [0.5, 0.6) is 0 Å². The summed E-state index contributed by atoms with van der Waals surface area (Å²) in [6, 6.07) is 7.55. The zero-order valence-electron chi connectivity index (χ0n) is 12.5. The fraction of sp³-hybridized carbons (Fsp3) is 0.533. The van der Waals surface area contributed by atoms with Crippen molar-refractivity contribution < 1.29 is 13.2 Å². The summed E-state index contributed by atoms with van der Waals surface area (Å²) in [6.45, 7) is 4.56. The highest BCUT2D eigenvalue weighted by atomic mass is 32.2. The van der Waals surface area contributed by atoms with Crippen LogP contribution in [0.2, 0.25) is 0 Å². The third-order valence-corrected chi connectivity index (χ3v) is 5.23. The monoisotopic (exact) mass is 310 g/mol. The molecule has 0 aromatic heterocycles. The predicted octanol–water partition coefficient (Wildman–Crippen LogP) is 1.54. The van der Waals surface area contributed by atoms with Gasteiger partial charge in [-0.15, -0.1) is 0 Å². The quantitative estimate of drug-likeness (QED) is 0.867. The zero-order valence-corrected chi connectivity index (χ0v) is 13.3. The number of nitrogens with one attached hydrogen (secondary N) is 1. The Morgan fingerprint density at radius 1 is 1.33 bits per heavy atom. The minimum absolute atomic E-state index is 0.0643. The Morgan fingerprint density at radius 3 is 2.76 bits per heavy atom. The Hall–Kier alpha value is -1.56. The molecule has 0 atom stereocenters. The molecule has 5 nitrogen and oxygen atoms in total. The van der Waals surface area contributed by atoms with Crippen LogP contribution in [0.4, 0.5) is 5.69 Å².